The fourth-order valence-corrected chi connectivity index (χ4v) is 3.68. The molecular weight excluding hydrogens is 264 g/mol. The number of carbonyl (C=O) groups is 3. The first-order chi connectivity index (χ1) is 9.06. The van der Waals surface area contributed by atoms with Gasteiger partial charge < -0.3 is 0 Å². The van der Waals surface area contributed by atoms with Gasteiger partial charge in [0.25, 0.3) is 0 Å². The third kappa shape index (κ3) is 2.78. The normalized spacial score (nSPS) is 26.7. The molecule has 1 heterocycles. The average Bonchev–Trinajstić information content (AvgIpc) is 2.82. The largest absolute Gasteiger partial charge is 0.331 e. The highest BCUT2D eigenvalue weighted by Crippen LogP contribution is 2.34. The van der Waals surface area contributed by atoms with Crippen LogP contribution in [0.1, 0.15) is 32.6 Å². The molecule has 1 saturated carbocycles. The average molecular weight is 284 g/mol. The Balaban J connectivity index is 2.18. The van der Waals surface area contributed by atoms with Crippen LogP contribution in [0, 0.1) is 11.8 Å². The highest BCUT2D eigenvalue weighted by molar-refractivity contribution is 7.98. The van der Waals surface area contributed by atoms with Gasteiger partial charge in [0.15, 0.2) is 0 Å². The van der Waals surface area contributed by atoms with E-state index in [9.17, 15) is 14.4 Å². The second-order valence-corrected chi connectivity index (χ2v) is 6.24. The van der Waals surface area contributed by atoms with E-state index >= 15 is 0 Å². The minimum Gasteiger partial charge on any atom is -0.277 e. The Kier molecular flexibility index (Phi) is 4.50. The summed E-state index contributed by atoms with van der Waals surface area (Å²) in [5, 5.41) is 2.34. The first-order valence-electron chi connectivity index (χ1n) is 6.73. The lowest BCUT2D eigenvalue weighted by Gasteiger charge is -2.36. The predicted octanol–water partition coefficient (Wildman–Crippen LogP) is 1.62. The van der Waals surface area contributed by atoms with E-state index in [1.807, 2.05) is 13.2 Å². The molecule has 5 nitrogen and oxygen atoms in total. The molecule has 1 aliphatic carbocycles. The molecule has 2 atom stereocenters. The van der Waals surface area contributed by atoms with Crippen molar-refractivity contribution >= 4 is 29.6 Å². The van der Waals surface area contributed by atoms with E-state index in [0.717, 1.165) is 25.7 Å². The summed E-state index contributed by atoms with van der Waals surface area (Å²) in [5.41, 5.74) is 0. The zero-order valence-corrected chi connectivity index (χ0v) is 12.2. The Labute approximate surface area is 117 Å². The maximum Gasteiger partial charge on any atom is 0.331 e. The van der Waals surface area contributed by atoms with Gasteiger partial charge in [-0.1, -0.05) is 12.8 Å². The molecule has 2 aliphatic rings. The summed E-state index contributed by atoms with van der Waals surface area (Å²) < 4.78 is 0. The Hall–Kier alpha value is -1.04. The Morgan fingerprint density at radius 2 is 1.95 bits per heavy atom. The number of nitrogens with one attached hydrogen (secondary N) is 1. The van der Waals surface area contributed by atoms with E-state index in [0.29, 0.717) is 5.75 Å². The van der Waals surface area contributed by atoms with Crippen molar-refractivity contribution in [3.8, 4) is 0 Å². The van der Waals surface area contributed by atoms with E-state index in [2.05, 4.69) is 5.32 Å². The standard InChI is InChI=1S/C13H20N2O3S/c1-8(7-19-2)15-12(17)10(9-5-3-4-6-9)11(16)14-13(15)18/h8-10H,3-7H2,1-2H3,(H,14,16,18). The van der Waals surface area contributed by atoms with E-state index in [4.69, 9.17) is 0 Å². The number of amides is 4. The van der Waals surface area contributed by atoms with Crippen LogP contribution in [0.4, 0.5) is 4.79 Å². The lowest BCUT2D eigenvalue weighted by atomic mass is 9.87. The predicted molar refractivity (Wildman–Crippen MR) is 73.7 cm³/mol. The quantitative estimate of drug-likeness (QED) is 0.797. The highest BCUT2D eigenvalue weighted by atomic mass is 32.2. The lowest BCUT2D eigenvalue weighted by molar-refractivity contribution is -0.146. The molecule has 0 bridgehead atoms. The number of hydrogen-bond donors (Lipinski definition) is 1. The molecule has 0 aromatic heterocycles. The van der Waals surface area contributed by atoms with E-state index in [1.165, 1.54) is 4.90 Å². The van der Waals surface area contributed by atoms with Crippen molar-refractivity contribution in [3.05, 3.63) is 0 Å². The zero-order chi connectivity index (χ0) is 14.0. The summed E-state index contributed by atoms with van der Waals surface area (Å²) in [5.74, 6) is -0.587. The van der Waals surface area contributed by atoms with Crippen LogP contribution in [-0.2, 0) is 9.59 Å². The number of thioether (sulfide) groups is 1. The topological polar surface area (TPSA) is 66.5 Å². The SMILES string of the molecule is CSCC(C)N1C(=O)NC(=O)C(C2CCCC2)C1=O. The van der Waals surface area contributed by atoms with Crippen LogP contribution >= 0.6 is 11.8 Å². The highest BCUT2D eigenvalue weighted by Gasteiger charge is 2.46. The number of rotatable bonds is 4. The lowest BCUT2D eigenvalue weighted by Crippen LogP contribution is -2.62. The van der Waals surface area contributed by atoms with E-state index in [-0.39, 0.29) is 17.9 Å². The second kappa shape index (κ2) is 5.94. The molecule has 0 aromatic rings. The molecule has 6 heteroatoms. The summed E-state index contributed by atoms with van der Waals surface area (Å²) >= 11 is 1.58. The van der Waals surface area contributed by atoms with Crippen molar-refractivity contribution in [3.63, 3.8) is 0 Å². The van der Waals surface area contributed by atoms with Gasteiger partial charge in [0.05, 0.1) is 0 Å². The van der Waals surface area contributed by atoms with Crippen LogP contribution in [0.3, 0.4) is 0 Å². The second-order valence-electron chi connectivity index (χ2n) is 5.33. The molecule has 1 saturated heterocycles. The molecule has 2 unspecified atom stereocenters. The number of nitrogens with zero attached hydrogens (tertiary/aromatic N) is 1. The number of imide groups is 2. The van der Waals surface area contributed by atoms with E-state index < -0.39 is 17.9 Å². The summed E-state index contributed by atoms with van der Waals surface area (Å²) in [6.07, 6.45) is 5.88. The van der Waals surface area contributed by atoms with Crippen LogP contribution < -0.4 is 5.32 Å². The van der Waals surface area contributed by atoms with Crippen molar-refractivity contribution in [1.29, 1.82) is 0 Å². The molecule has 19 heavy (non-hydrogen) atoms. The van der Waals surface area contributed by atoms with Crippen LogP contribution in [0.15, 0.2) is 0 Å². The van der Waals surface area contributed by atoms with Crippen molar-refractivity contribution in [2.75, 3.05) is 12.0 Å². The molecule has 4 amide bonds. The molecule has 1 N–H and O–H groups in total. The molecule has 106 valence electrons. The Morgan fingerprint density at radius 1 is 1.32 bits per heavy atom. The van der Waals surface area contributed by atoms with Crippen molar-refractivity contribution < 1.29 is 14.4 Å². The van der Waals surface area contributed by atoms with Gasteiger partial charge in [-0.05, 0) is 31.9 Å². The molecular formula is C13H20N2O3S. The molecule has 0 spiro atoms. The Morgan fingerprint density at radius 3 is 2.53 bits per heavy atom. The number of carbonyl (C=O) groups excluding carboxylic acids is 3. The molecule has 2 fully saturated rings. The number of urea groups is 1. The van der Waals surface area contributed by atoms with E-state index in [1.54, 1.807) is 11.8 Å². The van der Waals surface area contributed by atoms with Crippen molar-refractivity contribution in [2.24, 2.45) is 11.8 Å². The summed E-state index contributed by atoms with van der Waals surface area (Å²) in [6.45, 7) is 1.84. The number of barbiturate groups is 1. The van der Waals surface area contributed by atoms with Gasteiger partial charge in [-0.25, -0.2) is 4.79 Å². The van der Waals surface area contributed by atoms with Crippen LogP contribution in [0.2, 0.25) is 0 Å². The fraction of sp³-hybridized carbons (Fsp3) is 0.769. The maximum atomic E-state index is 12.5. The smallest absolute Gasteiger partial charge is 0.277 e. The monoisotopic (exact) mass is 284 g/mol. The first-order valence-corrected chi connectivity index (χ1v) is 8.12. The third-order valence-corrected chi connectivity index (χ3v) is 4.77. The summed E-state index contributed by atoms with van der Waals surface area (Å²) in [4.78, 5) is 37.5. The van der Waals surface area contributed by atoms with Crippen LogP contribution in [-0.4, -0.2) is 40.8 Å². The van der Waals surface area contributed by atoms with Gasteiger partial charge in [0, 0.05) is 11.8 Å². The van der Waals surface area contributed by atoms with Gasteiger partial charge in [0.2, 0.25) is 11.8 Å². The van der Waals surface area contributed by atoms with Gasteiger partial charge in [-0.3, -0.25) is 19.8 Å². The zero-order valence-electron chi connectivity index (χ0n) is 11.3. The molecule has 2 rings (SSSR count). The summed E-state index contributed by atoms with van der Waals surface area (Å²) in [6, 6.07) is -0.745. The summed E-state index contributed by atoms with van der Waals surface area (Å²) in [7, 11) is 0. The van der Waals surface area contributed by atoms with Gasteiger partial charge in [-0.15, -0.1) is 0 Å². The van der Waals surface area contributed by atoms with Crippen LogP contribution in [0.25, 0.3) is 0 Å². The molecule has 1 aliphatic heterocycles. The van der Waals surface area contributed by atoms with Crippen molar-refractivity contribution in [1.82, 2.24) is 10.2 Å². The van der Waals surface area contributed by atoms with Crippen LogP contribution in [0.5, 0.6) is 0 Å². The minimum atomic E-state index is -0.662. The van der Waals surface area contributed by atoms with Gasteiger partial charge in [-0.2, -0.15) is 11.8 Å². The molecule has 0 radical (unpaired) electrons. The third-order valence-electron chi connectivity index (χ3n) is 3.95. The minimum absolute atomic E-state index is 0.101. The molecule has 0 aromatic carbocycles. The first kappa shape index (κ1) is 14.4. The Bertz CT molecular complexity index is 393. The van der Waals surface area contributed by atoms with Gasteiger partial charge in [0.1, 0.15) is 5.92 Å². The number of hydrogen-bond acceptors (Lipinski definition) is 4. The maximum absolute atomic E-state index is 12.5. The van der Waals surface area contributed by atoms with Gasteiger partial charge >= 0.3 is 6.03 Å². The fourth-order valence-electron chi connectivity index (χ4n) is 3.04. The van der Waals surface area contributed by atoms with Crippen molar-refractivity contribution in [2.45, 2.75) is 38.6 Å².